The monoisotopic (exact) mass is 253 g/mol. The lowest BCUT2D eigenvalue weighted by molar-refractivity contribution is 0.0944. The van der Waals surface area contributed by atoms with Crippen molar-refractivity contribution in [3.05, 3.63) is 29.6 Å². The van der Waals surface area contributed by atoms with Crippen LogP contribution in [0.3, 0.4) is 0 Å². The van der Waals surface area contributed by atoms with Crippen LogP contribution in [0.25, 0.3) is 0 Å². The number of para-hydroxylation sites is 1. The van der Waals surface area contributed by atoms with Gasteiger partial charge in [-0.15, -0.1) is 0 Å². The van der Waals surface area contributed by atoms with Crippen molar-refractivity contribution in [3.8, 4) is 0 Å². The van der Waals surface area contributed by atoms with Gasteiger partial charge in [0, 0.05) is 19.6 Å². The number of likely N-dealkylation sites (N-methyl/N-ethyl adjacent to an activating group) is 1. The third kappa shape index (κ3) is 3.43. The van der Waals surface area contributed by atoms with Crippen LogP contribution < -0.4 is 10.6 Å². The normalized spacial score (nSPS) is 12.3. The summed E-state index contributed by atoms with van der Waals surface area (Å²) in [6, 6.07) is 4.68. The fraction of sp³-hybridized carbons (Fsp3) is 0.462. The van der Waals surface area contributed by atoms with Gasteiger partial charge < -0.3 is 15.5 Å². The number of carbonyl (C=O) groups is 1. The number of anilines is 1. The summed E-state index contributed by atoms with van der Waals surface area (Å²) in [4.78, 5) is 14.0. The number of hydrogen-bond acceptors (Lipinski definition) is 3. The second kappa shape index (κ2) is 6.35. The molecule has 2 N–H and O–H groups in total. The molecule has 1 aromatic carbocycles. The molecule has 0 bridgehead atoms. The summed E-state index contributed by atoms with van der Waals surface area (Å²) in [6.45, 7) is 2.52. The molecule has 1 rings (SSSR count). The summed E-state index contributed by atoms with van der Waals surface area (Å²) < 4.78 is 13.5. The highest BCUT2D eigenvalue weighted by molar-refractivity contribution is 5.99. The van der Waals surface area contributed by atoms with Crippen molar-refractivity contribution in [1.82, 2.24) is 10.2 Å². The van der Waals surface area contributed by atoms with Crippen LogP contribution in [0.5, 0.6) is 0 Å². The van der Waals surface area contributed by atoms with E-state index in [1.807, 2.05) is 25.9 Å². The zero-order chi connectivity index (χ0) is 13.7. The third-order valence-corrected chi connectivity index (χ3v) is 2.95. The number of halogens is 1. The largest absolute Gasteiger partial charge is 0.385 e. The van der Waals surface area contributed by atoms with Gasteiger partial charge in [-0.3, -0.25) is 4.79 Å². The summed E-state index contributed by atoms with van der Waals surface area (Å²) in [7, 11) is 5.48. The molecular weight excluding hydrogens is 233 g/mol. The molecule has 0 spiro atoms. The molecule has 0 aliphatic heterocycles. The molecule has 0 saturated carbocycles. The minimum Gasteiger partial charge on any atom is -0.385 e. The first-order valence-corrected chi connectivity index (χ1v) is 5.88. The Balaban J connectivity index is 2.76. The molecule has 1 atom stereocenters. The van der Waals surface area contributed by atoms with Gasteiger partial charge in [0.25, 0.3) is 5.91 Å². The zero-order valence-corrected chi connectivity index (χ0v) is 11.2. The van der Waals surface area contributed by atoms with E-state index in [9.17, 15) is 9.18 Å². The van der Waals surface area contributed by atoms with Gasteiger partial charge in [0.2, 0.25) is 0 Å². The molecule has 100 valence electrons. The number of carbonyl (C=O) groups excluding carboxylic acids is 1. The Bertz CT molecular complexity index is 421. The van der Waals surface area contributed by atoms with Crippen LogP contribution in [0.15, 0.2) is 18.2 Å². The lowest BCUT2D eigenvalue weighted by Crippen LogP contribution is -2.38. The quantitative estimate of drug-likeness (QED) is 0.836. The molecule has 1 amide bonds. The maximum Gasteiger partial charge on any atom is 0.253 e. The molecule has 5 heteroatoms. The van der Waals surface area contributed by atoms with Crippen molar-refractivity contribution in [2.45, 2.75) is 13.0 Å². The van der Waals surface area contributed by atoms with Gasteiger partial charge in [-0.1, -0.05) is 6.07 Å². The van der Waals surface area contributed by atoms with Crippen LogP contribution in [0, 0.1) is 5.82 Å². The van der Waals surface area contributed by atoms with Crippen LogP contribution in [0.1, 0.15) is 17.3 Å². The van der Waals surface area contributed by atoms with Gasteiger partial charge in [-0.25, -0.2) is 4.39 Å². The summed E-state index contributed by atoms with van der Waals surface area (Å²) >= 11 is 0. The fourth-order valence-electron chi connectivity index (χ4n) is 1.49. The first kappa shape index (κ1) is 14.4. The first-order valence-electron chi connectivity index (χ1n) is 5.88. The molecule has 18 heavy (non-hydrogen) atoms. The Hall–Kier alpha value is -1.62. The van der Waals surface area contributed by atoms with Crippen molar-refractivity contribution in [1.29, 1.82) is 0 Å². The van der Waals surface area contributed by atoms with Crippen LogP contribution in [0.4, 0.5) is 10.1 Å². The molecule has 0 aromatic heterocycles. The minimum absolute atomic E-state index is 0.223. The van der Waals surface area contributed by atoms with E-state index in [1.54, 1.807) is 13.1 Å². The van der Waals surface area contributed by atoms with E-state index in [4.69, 9.17) is 0 Å². The number of amides is 1. The standard InChI is InChI=1S/C13H20FN3O/c1-9(17(3)4)8-16-13(18)10-6-5-7-11(14)12(10)15-2/h5-7,9,15H,8H2,1-4H3,(H,16,18). The van der Waals surface area contributed by atoms with Crippen LogP contribution in [0.2, 0.25) is 0 Å². The van der Waals surface area contributed by atoms with Gasteiger partial charge in [0.05, 0.1) is 11.3 Å². The van der Waals surface area contributed by atoms with Crippen molar-refractivity contribution in [2.75, 3.05) is 33.0 Å². The third-order valence-electron chi connectivity index (χ3n) is 2.95. The Morgan fingerprint density at radius 3 is 2.67 bits per heavy atom. The SMILES string of the molecule is CNc1c(F)cccc1C(=O)NCC(C)N(C)C. The molecule has 0 radical (unpaired) electrons. The molecule has 0 heterocycles. The van der Waals surface area contributed by atoms with E-state index in [1.165, 1.54) is 12.1 Å². The average Bonchev–Trinajstić information content (AvgIpc) is 2.34. The first-order chi connectivity index (χ1) is 8.47. The lowest BCUT2D eigenvalue weighted by Gasteiger charge is -2.20. The molecular formula is C13H20FN3O. The Kier molecular flexibility index (Phi) is 5.09. The Morgan fingerprint density at radius 2 is 2.11 bits per heavy atom. The van der Waals surface area contributed by atoms with Gasteiger partial charge in [-0.05, 0) is 33.2 Å². The number of nitrogens with one attached hydrogen (secondary N) is 2. The van der Waals surface area contributed by atoms with Crippen molar-refractivity contribution < 1.29 is 9.18 Å². The number of hydrogen-bond donors (Lipinski definition) is 2. The highest BCUT2D eigenvalue weighted by Gasteiger charge is 2.14. The molecule has 0 aliphatic carbocycles. The molecule has 1 aromatic rings. The zero-order valence-electron chi connectivity index (χ0n) is 11.2. The van der Waals surface area contributed by atoms with Crippen molar-refractivity contribution in [3.63, 3.8) is 0 Å². The van der Waals surface area contributed by atoms with Crippen molar-refractivity contribution in [2.24, 2.45) is 0 Å². The van der Waals surface area contributed by atoms with Gasteiger partial charge >= 0.3 is 0 Å². The highest BCUT2D eigenvalue weighted by atomic mass is 19.1. The second-order valence-corrected chi connectivity index (χ2v) is 4.44. The number of benzene rings is 1. The van der Waals surface area contributed by atoms with E-state index >= 15 is 0 Å². The molecule has 1 unspecified atom stereocenters. The summed E-state index contributed by atoms with van der Waals surface area (Å²) in [5, 5.41) is 5.50. The topological polar surface area (TPSA) is 44.4 Å². The predicted molar refractivity (Wildman–Crippen MR) is 71.4 cm³/mol. The molecule has 0 aliphatic rings. The average molecular weight is 253 g/mol. The van der Waals surface area contributed by atoms with Gasteiger partial charge in [0.1, 0.15) is 5.82 Å². The second-order valence-electron chi connectivity index (χ2n) is 4.44. The van der Waals surface area contributed by atoms with Crippen molar-refractivity contribution >= 4 is 11.6 Å². The summed E-state index contributed by atoms with van der Waals surface area (Å²) in [6.07, 6.45) is 0. The molecule has 4 nitrogen and oxygen atoms in total. The highest BCUT2D eigenvalue weighted by Crippen LogP contribution is 2.18. The number of nitrogens with zero attached hydrogens (tertiary/aromatic N) is 1. The Labute approximate surface area is 107 Å². The molecule has 0 saturated heterocycles. The van der Waals surface area contributed by atoms with E-state index in [0.717, 1.165) is 0 Å². The Morgan fingerprint density at radius 1 is 1.44 bits per heavy atom. The van der Waals surface area contributed by atoms with E-state index in [2.05, 4.69) is 10.6 Å². The summed E-state index contributed by atoms with van der Waals surface area (Å²) in [5.74, 6) is -0.696. The minimum atomic E-state index is -0.425. The maximum absolute atomic E-state index is 13.5. The van der Waals surface area contributed by atoms with E-state index in [-0.39, 0.29) is 17.6 Å². The van der Waals surface area contributed by atoms with E-state index in [0.29, 0.717) is 12.1 Å². The van der Waals surface area contributed by atoms with Crippen LogP contribution in [-0.4, -0.2) is 44.5 Å². The maximum atomic E-state index is 13.5. The predicted octanol–water partition coefficient (Wildman–Crippen LogP) is 1.55. The number of rotatable bonds is 5. The van der Waals surface area contributed by atoms with Crippen LogP contribution in [-0.2, 0) is 0 Å². The van der Waals surface area contributed by atoms with E-state index < -0.39 is 5.82 Å². The van der Waals surface area contributed by atoms with Crippen LogP contribution >= 0.6 is 0 Å². The fourth-order valence-corrected chi connectivity index (χ4v) is 1.49. The lowest BCUT2D eigenvalue weighted by atomic mass is 10.1. The summed E-state index contributed by atoms with van der Waals surface area (Å²) in [5.41, 5.74) is 0.552. The van der Waals surface area contributed by atoms with Gasteiger partial charge in [-0.2, -0.15) is 0 Å². The molecule has 0 fully saturated rings. The smallest absolute Gasteiger partial charge is 0.253 e. The van der Waals surface area contributed by atoms with Gasteiger partial charge in [0.15, 0.2) is 0 Å².